The SMILES string of the molecule is CCOc1ccc(C2CNCC(CC)O2)cc1. The fourth-order valence-electron chi connectivity index (χ4n) is 2.09. The summed E-state index contributed by atoms with van der Waals surface area (Å²) >= 11 is 0. The van der Waals surface area contributed by atoms with Crippen molar-refractivity contribution in [2.75, 3.05) is 19.7 Å². The fraction of sp³-hybridized carbons (Fsp3) is 0.571. The Hall–Kier alpha value is -1.06. The minimum absolute atomic E-state index is 0.171. The summed E-state index contributed by atoms with van der Waals surface area (Å²) in [6.45, 7) is 6.72. The van der Waals surface area contributed by atoms with Gasteiger partial charge in [-0.15, -0.1) is 0 Å². The number of nitrogens with one attached hydrogen (secondary N) is 1. The van der Waals surface area contributed by atoms with Gasteiger partial charge in [0, 0.05) is 13.1 Å². The molecule has 0 radical (unpaired) electrons. The molecule has 1 aromatic carbocycles. The molecule has 2 unspecified atom stereocenters. The second-order valence-electron chi connectivity index (χ2n) is 4.32. The van der Waals surface area contributed by atoms with Gasteiger partial charge in [-0.25, -0.2) is 0 Å². The summed E-state index contributed by atoms with van der Waals surface area (Å²) in [5.74, 6) is 0.923. The van der Waals surface area contributed by atoms with Gasteiger partial charge in [0.2, 0.25) is 0 Å². The lowest BCUT2D eigenvalue weighted by Gasteiger charge is -2.30. The lowest BCUT2D eigenvalue weighted by atomic mass is 10.1. The van der Waals surface area contributed by atoms with Crippen LogP contribution in [-0.2, 0) is 4.74 Å². The van der Waals surface area contributed by atoms with Gasteiger partial charge < -0.3 is 14.8 Å². The molecule has 0 amide bonds. The molecule has 0 bridgehead atoms. The summed E-state index contributed by atoms with van der Waals surface area (Å²) in [5.41, 5.74) is 1.22. The molecule has 1 aromatic rings. The highest BCUT2D eigenvalue weighted by atomic mass is 16.5. The molecule has 1 saturated heterocycles. The number of morpholine rings is 1. The second kappa shape index (κ2) is 6.03. The number of benzene rings is 1. The summed E-state index contributed by atoms with van der Waals surface area (Å²) in [5, 5.41) is 3.42. The Labute approximate surface area is 103 Å². The topological polar surface area (TPSA) is 30.5 Å². The quantitative estimate of drug-likeness (QED) is 0.870. The highest BCUT2D eigenvalue weighted by Crippen LogP contribution is 2.24. The van der Waals surface area contributed by atoms with Crippen molar-refractivity contribution < 1.29 is 9.47 Å². The Morgan fingerprint density at radius 2 is 2.00 bits per heavy atom. The van der Waals surface area contributed by atoms with Gasteiger partial charge in [0.1, 0.15) is 5.75 Å². The van der Waals surface area contributed by atoms with E-state index in [-0.39, 0.29) is 6.10 Å². The molecule has 1 N–H and O–H groups in total. The van der Waals surface area contributed by atoms with Crippen LogP contribution in [0.3, 0.4) is 0 Å². The van der Waals surface area contributed by atoms with Crippen molar-refractivity contribution in [2.45, 2.75) is 32.5 Å². The maximum absolute atomic E-state index is 6.02. The van der Waals surface area contributed by atoms with Crippen molar-refractivity contribution in [3.05, 3.63) is 29.8 Å². The zero-order chi connectivity index (χ0) is 12.1. The first-order chi connectivity index (χ1) is 8.33. The molecule has 3 nitrogen and oxygen atoms in total. The maximum atomic E-state index is 6.02. The summed E-state index contributed by atoms with van der Waals surface area (Å²) < 4.78 is 11.5. The molecule has 1 heterocycles. The van der Waals surface area contributed by atoms with Crippen molar-refractivity contribution in [1.82, 2.24) is 5.32 Å². The summed E-state index contributed by atoms with van der Waals surface area (Å²) in [6.07, 6.45) is 1.56. The Kier molecular flexibility index (Phi) is 4.40. The average molecular weight is 235 g/mol. The van der Waals surface area contributed by atoms with Gasteiger partial charge in [-0.05, 0) is 31.0 Å². The van der Waals surface area contributed by atoms with Crippen molar-refractivity contribution in [1.29, 1.82) is 0 Å². The van der Waals surface area contributed by atoms with Gasteiger partial charge in [0.15, 0.2) is 0 Å². The van der Waals surface area contributed by atoms with E-state index in [1.165, 1.54) is 5.56 Å². The van der Waals surface area contributed by atoms with Crippen LogP contribution in [0.15, 0.2) is 24.3 Å². The van der Waals surface area contributed by atoms with Crippen molar-refractivity contribution >= 4 is 0 Å². The van der Waals surface area contributed by atoms with E-state index >= 15 is 0 Å². The molecule has 2 rings (SSSR count). The van der Waals surface area contributed by atoms with Crippen LogP contribution in [0.5, 0.6) is 5.75 Å². The molecule has 17 heavy (non-hydrogen) atoms. The average Bonchev–Trinajstić information content (AvgIpc) is 2.40. The highest BCUT2D eigenvalue weighted by molar-refractivity contribution is 5.29. The summed E-state index contributed by atoms with van der Waals surface area (Å²) in [4.78, 5) is 0. The van der Waals surface area contributed by atoms with Crippen LogP contribution in [0.1, 0.15) is 31.9 Å². The first-order valence-electron chi connectivity index (χ1n) is 6.42. The molecular formula is C14H21NO2. The van der Waals surface area contributed by atoms with Gasteiger partial charge in [-0.1, -0.05) is 19.1 Å². The fourth-order valence-corrected chi connectivity index (χ4v) is 2.09. The standard InChI is InChI=1S/C14H21NO2/c1-3-12-9-15-10-14(17-12)11-5-7-13(8-6-11)16-4-2/h5-8,12,14-15H,3-4,9-10H2,1-2H3. The van der Waals surface area contributed by atoms with E-state index in [0.29, 0.717) is 12.7 Å². The van der Waals surface area contributed by atoms with E-state index in [9.17, 15) is 0 Å². The molecule has 0 saturated carbocycles. The van der Waals surface area contributed by atoms with Gasteiger partial charge in [-0.2, -0.15) is 0 Å². The lowest BCUT2D eigenvalue weighted by molar-refractivity contribution is -0.0399. The third-order valence-corrected chi connectivity index (χ3v) is 3.08. The predicted octanol–water partition coefficient (Wildman–Crippen LogP) is 2.52. The van der Waals surface area contributed by atoms with Crippen molar-refractivity contribution in [3.63, 3.8) is 0 Å². The number of ether oxygens (including phenoxy) is 2. The largest absolute Gasteiger partial charge is 0.494 e. The highest BCUT2D eigenvalue weighted by Gasteiger charge is 2.21. The molecule has 0 aliphatic carbocycles. The first kappa shape index (κ1) is 12.4. The maximum Gasteiger partial charge on any atom is 0.119 e. The monoisotopic (exact) mass is 235 g/mol. The van der Waals surface area contributed by atoms with E-state index < -0.39 is 0 Å². The van der Waals surface area contributed by atoms with Crippen molar-refractivity contribution in [2.24, 2.45) is 0 Å². The van der Waals surface area contributed by atoms with Crippen LogP contribution in [0, 0.1) is 0 Å². The van der Waals surface area contributed by atoms with Gasteiger partial charge in [-0.3, -0.25) is 0 Å². The molecule has 1 aliphatic heterocycles. The molecule has 3 heteroatoms. The predicted molar refractivity (Wildman–Crippen MR) is 68.4 cm³/mol. The summed E-state index contributed by atoms with van der Waals surface area (Å²) in [7, 11) is 0. The number of hydrogen-bond acceptors (Lipinski definition) is 3. The number of hydrogen-bond donors (Lipinski definition) is 1. The van der Waals surface area contributed by atoms with Crippen molar-refractivity contribution in [3.8, 4) is 5.75 Å². The first-order valence-corrected chi connectivity index (χ1v) is 6.42. The van der Waals surface area contributed by atoms with E-state index in [2.05, 4.69) is 24.4 Å². The third kappa shape index (κ3) is 3.20. The van der Waals surface area contributed by atoms with Gasteiger partial charge >= 0.3 is 0 Å². The molecule has 94 valence electrons. The summed E-state index contributed by atoms with van der Waals surface area (Å²) in [6, 6.07) is 8.21. The minimum atomic E-state index is 0.171. The Balaban J connectivity index is 2.01. The van der Waals surface area contributed by atoms with E-state index in [1.54, 1.807) is 0 Å². The Bertz CT molecular complexity index is 337. The van der Waals surface area contributed by atoms with E-state index in [0.717, 1.165) is 25.3 Å². The van der Waals surface area contributed by atoms with Crippen LogP contribution >= 0.6 is 0 Å². The van der Waals surface area contributed by atoms with E-state index in [4.69, 9.17) is 9.47 Å². The van der Waals surface area contributed by atoms with Crippen LogP contribution in [0.2, 0.25) is 0 Å². The van der Waals surface area contributed by atoms with Gasteiger partial charge in [0.05, 0.1) is 18.8 Å². The Morgan fingerprint density at radius 3 is 2.65 bits per heavy atom. The molecule has 1 aliphatic rings. The molecular weight excluding hydrogens is 214 g/mol. The van der Waals surface area contributed by atoms with E-state index in [1.807, 2.05) is 19.1 Å². The molecule has 2 atom stereocenters. The van der Waals surface area contributed by atoms with Crippen LogP contribution in [0.25, 0.3) is 0 Å². The normalized spacial score (nSPS) is 24.6. The third-order valence-electron chi connectivity index (χ3n) is 3.08. The minimum Gasteiger partial charge on any atom is -0.494 e. The Morgan fingerprint density at radius 1 is 1.24 bits per heavy atom. The molecule has 1 fully saturated rings. The number of rotatable bonds is 4. The molecule has 0 aromatic heterocycles. The lowest BCUT2D eigenvalue weighted by Crippen LogP contribution is -2.40. The second-order valence-corrected chi connectivity index (χ2v) is 4.32. The zero-order valence-electron chi connectivity index (χ0n) is 10.6. The van der Waals surface area contributed by atoms with Crippen LogP contribution < -0.4 is 10.1 Å². The van der Waals surface area contributed by atoms with Crippen LogP contribution in [0.4, 0.5) is 0 Å². The smallest absolute Gasteiger partial charge is 0.119 e. The van der Waals surface area contributed by atoms with Gasteiger partial charge in [0.25, 0.3) is 0 Å². The molecule has 0 spiro atoms. The zero-order valence-corrected chi connectivity index (χ0v) is 10.6. The van der Waals surface area contributed by atoms with Crippen LogP contribution in [-0.4, -0.2) is 25.8 Å².